The van der Waals surface area contributed by atoms with Crippen LogP contribution in [0.2, 0.25) is 0 Å². The van der Waals surface area contributed by atoms with Gasteiger partial charge in [-0.3, -0.25) is 0 Å². The lowest BCUT2D eigenvalue weighted by Gasteiger charge is -2.11. The number of para-hydroxylation sites is 1. The summed E-state index contributed by atoms with van der Waals surface area (Å²) in [5.74, 6) is 0. The molecule has 3 aromatic rings. The van der Waals surface area contributed by atoms with E-state index in [2.05, 4.69) is 39.1 Å². The van der Waals surface area contributed by atoms with Gasteiger partial charge in [-0.15, -0.1) is 11.3 Å². The fraction of sp³-hybridized carbons (Fsp3) is 0.133. The Hall–Kier alpha value is -0.880. The van der Waals surface area contributed by atoms with Crippen molar-refractivity contribution in [1.82, 2.24) is 4.98 Å². The molecule has 0 aliphatic carbocycles. The number of rotatable bonds is 3. The highest BCUT2D eigenvalue weighted by molar-refractivity contribution is 9.10. The van der Waals surface area contributed by atoms with E-state index in [-0.39, 0.29) is 6.04 Å². The molecule has 0 radical (unpaired) electrons. The molecule has 0 saturated carbocycles. The second kappa shape index (κ2) is 5.85. The summed E-state index contributed by atoms with van der Waals surface area (Å²) >= 11 is 6.92. The summed E-state index contributed by atoms with van der Waals surface area (Å²) in [6.07, 6.45) is 0. The molecule has 0 amide bonds. The van der Waals surface area contributed by atoms with Gasteiger partial charge in [-0.25, -0.2) is 4.98 Å². The Balaban J connectivity index is 1.99. The average Bonchev–Trinajstić information content (AvgIpc) is 2.80. The van der Waals surface area contributed by atoms with Crippen molar-refractivity contribution in [2.75, 3.05) is 0 Å². The van der Waals surface area contributed by atoms with Gasteiger partial charge in [0, 0.05) is 15.4 Å². The van der Waals surface area contributed by atoms with Crippen LogP contribution < -0.4 is 5.73 Å². The van der Waals surface area contributed by atoms with E-state index in [1.54, 1.807) is 23.1 Å². The van der Waals surface area contributed by atoms with Crippen molar-refractivity contribution >= 4 is 49.2 Å². The minimum Gasteiger partial charge on any atom is -0.324 e. The fourth-order valence-corrected chi connectivity index (χ4v) is 4.77. The molecule has 0 aliphatic heterocycles. The van der Waals surface area contributed by atoms with Crippen molar-refractivity contribution in [3.05, 3.63) is 52.5 Å². The molecule has 0 fully saturated rings. The van der Waals surface area contributed by atoms with E-state index in [0.29, 0.717) is 0 Å². The minimum atomic E-state index is 0.0139. The molecule has 0 bridgehead atoms. The highest BCUT2D eigenvalue weighted by atomic mass is 79.9. The van der Waals surface area contributed by atoms with Crippen LogP contribution in [-0.4, -0.2) is 4.98 Å². The van der Waals surface area contributed by atoms with E-state index >= 15 is 0 Å². The molecular formula is C15H13BrN2S2. The van der Waals surface area contributed by atoms with Gasteiger partial charge in [0.1, 0.15) is 0 Å². The van der Waals surface area contributed by atoms with Crippen molar-refractivity contribution in [2.24, 2.45) is 5.73 Å². The normalized spacial score (nSPS) is 12.8. The zero-order valence-electron chi connectivity index (χ0n) is 10.8. The number of nitrogens with zero attached hydrogens (tertiary/aromatic N) is 1. The van der Waals surface area contributed by atoms with E-state index in [9.17, 15) is 0 Å². The second-order valence-electron chi connectivity index (χ2n) is 4.52. The lowest BCUT2D eigenvalue weighted by atomic mass is 10.1. The number of halogens is 1. The topological polar surface area (TPSA) is 38.9 Å². The highest BCUT2D eigenvalue weighted by Crippen LogP contribution is 2.38. The number of thiazole rings is 1. The van der Waals surface area contributed by atoms with Crippen LogP contribution in [0.5, 0.6) is 0 Å². The lowest BCUT2D eigenvalue weighted by molar-refractivity contribution is 0.797. The third-order valence-electron chi connectivity index (χ3n) is 2.94. The standard InChI is InChI=1S/C15H13BrN2S2/c1-9(17)11-7-6-10(16)8-14(11)20-15-18-12-4-2-3-5-13(12)19-15/h2-9H,17H2,1H3. The molecule has 0 spiro atoms. The first kappa shape index (κ1) is 14.1. The predicted molar refractivity (Wildman–Crippen MR) is 90.5 cm³/mol. The number of hydrogen-bond acceptors (Lipinski definition) is 4. The maximum Gasteiger partial charge on any atom is 0.155 e. The number of aromatic nitrogens is 1. The molecule has 2 aromatic carbocycles. The molecule has 3 rings (SSSR count). The van der Waals surface area contributed by atoms with E-state index in [0.717, 1.165) is 24.8 Å². The monoisotopic (exact) mass is 364 g/mol. The van der Waals surface area contributed by atoms with Crippen LogP contribution in [0.4, 0.5) is 0 Å². The number of nitrogens with two attached hydrogens (primary N) is 1. The molecule has 1 heterocycles. The molecule has 1 aromatic heterocycles. The minimum absolute atomic E-state index is 0.0139. The van der Waals surface area contributed by atoms with Crippen molar-refractivity contribution < 1.29 is 0 Å². The number of benzene rings is 2. The summed E-state index contributed by atoms with van der Waals surface area (Å²) < 4.78 is 3.32. The van der Waals surface area contributed by atoms with E-state index in [1.807, 2.05) is 31.2 Å². The predicted octanol–water partition coefficient (Wildman–Crippen LogP) is 5.23. The maximum absolute atomic E-state index is 6.05. The largest absolute Gasteiger partial charge is 0.324 e. The van der Waals surface area contributed by atoms with Crippen LogP contribution in [0.15, 0.2) is 56.2 Å². The van der Waals surface area contributed by atoms with Crippen LogP contribution in [0.25, 0.3) is 10.2 Å². The summed E-state index contributed by atoms with van der Waals surface area (Å²) in [5.41, 5.74) is 8.25. The summed E-state index contributed by atoms with van der Waals surface area (Å²) in [5, 5.41) is 0. The van der Waals surface area contributed by atoms with E-state index in [1.165, 1.54) is 4.70 Å². The number of fused-ring (bicyclic) bond motifs is 1. The first-order valence-corrected chi connectivity index (χ1v) is 8.64. The third kappa shape index (κ3) is 2.91. The van der Waals surface area contributed by atoms with Crippen LogP contribution in [0, 0.1) is 0 Å². The SMILES string of the molecule is CC(N)c1ccc(Br)cc1Sc1nc2ccccc2s1. The molecule has 20 heavy (non-hydrogen) atoms. The van der Waals surface area contributed by atoms with Gasteiger partial charge in [-0.1, -0.05) is 45.9 Å². The van der Waals surface area contributed by atoms with Gasteiger partial charge in [-0.05, 0) is 36.8 Å². The zero-order chi connectivity index (χ0) is 14.1. The summed E-state index contributed by atoms with van der Waals surface area (Å²) in [7, 11) is 0. The van der Waals surface area contributed by atoms with Gasteiger partial charge in [0.25, 0.3) is 0 Å². The second-order valence-corrected chi connectivity index (χ2v) is 7.76. The average molecular weight is 365 g/mol. The molecule has 5 heteroatoms. The van der Waals surface area contributed by atoms with E-state index < -0.39 is 0 Å². The molecule has 102 valence electrons. The molecule has 2 N–H and O–H groups in total. The summed E-state index contributed by atoms with van der Waals surface area (Å²) in [6, 6.07) is 14.4. The van der Waals surface area contributed by atoms with Crippen LogP contribution in [0.3, 0.4) is 0 Å². The third-order valence-corrected chi connectivity index (χ3v) is 5.60. The van der Waals surface area contributed by atoms with Gasteiger partial charge < -0.3 is 5.73 Å². The molecule has 0 aliphatic rings. The van der Waals surface area contributed by atoms with Crippen LogP contribution in [0.1, 0.15) is 18.5 Å². The van der Waals surface area contributed by atoms with Gasteiger partial charge >= 0.3 is 0 Å². The Labute approximate surface area is 134 Å². The van der Waals surface area contributed by atoms with Crippen molar-refractivity contribution in [2.45, 2.75) is 22.2 Å². The Morgan fingerprint density at radius 3 is 2.80 bits per heavy atom. The highest BCUT2D eigenvalue weighted by Gasteiger charge is 2.11. The first-order valence-electron chi connectivity index (χ1n) is 6.22. The van der Waals surface area contributed by atoms with Gasteiger partial charge in [0.05, 0.1) is 10.2 Å². The summed E-state index contributed by atoms with van der Waals surface area (Å²) in [6.45, 7) is 2.01. The molecule has 1 unspecified atom stereocenters. The quantitative estimate of drug-likeness (QED) is 0.691. The molecule has 2 nitrogen and oxygen atoms in total. The van der Waals surface area contributed by atoms with Gasteiger partial charge in [0.15, 0.2) is 4.34 Å². The fourth-order valence-electron chi connectivity index (χ4n) is 1.96. The maximum atomic E-state index is 6.05. The Kier molecular flexibility index (Phi) is 4.12. The van der Waals surface area contributed by atoms with Crippen molar-refractivity contribution in [3.63, 3.8) is 0 Å². The Morgan fingerprint density at radius 1 is 1.25 bits per heavy atom. The zero-order valence-corrected chi connectivity index (χ0v) is 14.1. The lowest BCUT2D eigenvalue weighted by Crippen LogP contribution is -2.06. The van der Waals surface area contributed by atoms with Crippen LogP contribution >= 0.6 is 39.0 Å². The Morgan fingerprint density at radius 2 is 2.05 bits per heavy atom. The van der Waals surface area contributed by atoms with Gasteiger partial charge in [0.2, 0.25) is 0 Å². The smallest absolute Gasteiger partial charge is 0.155 e. The van der Waals surface area contributed by atoms with E-state index in [4.69, 9.17) is 5.73 Å². The molecule has 0 saturated heterocycles. The Bertz CT molecular complexity index is 719. The van der Waals surface area contributed by atoms with Crippen molar-refractivity contribution in [3.8, 4) is 0 Å². The van der Waals surface area contributed by atoms with Gasteiger partial charge in [-0.2, -0.15) is 0 Å². The number of hydrogen-bond donors (Lipinski definition) is 1. The molecule has 1 atom stereocenters. The first-order chi connectivity index (χ1) is 9.63. The summed E-state index contributed by atoms with van der Waals surface area (Å²) in [4.78, 5) is 5.82. The van der Waals surface area contributed by atoms with Crippen LogP contribution in [-0.2, 0) is 0 Å². The molecular weight excluding hydrogens is 352 g/mol. The van der Waals surface area contributed by atoms with Crippen molar-refractivity contribution in [1.29, 1.82) is 0 Å².